The molecule has 0 bridgehead atoms. The maximum absolute atomic E-state index is 12.1. The van der Waals surface area contributed by atoms with Gasteiger partial charge in [0.1, 0.15) is 0 Å². The molecule has 0 aliphatic rings. The SMILES string of the molecule is CC.Cc1cnn(-c2c(O)c3cc(C)c(Cl)cc3[nH]c2=O)c1. The van der Waals surface area contributed by atoms with Gasteiger partial charge in [0.05, 0.1) is 11.7 Å². The Labute approximate surface area is 133 Å². The lowest BCUT2D eigenvalue weighted by Crippen LogP contribution is -2.15. The fourth-order valence-electron chi connectivity index (χ4n) is 2.15. The van der Waals surface area contributed by atoms with Crippen molar-refractivity contribution in [1.82, 2.24) is 14.8 Å². The summed E-state index contributed by atoms with van der Waals surface area (Å²) in [6.07, 6.45) is 3.30. The maximum atomic E-state index is 12.1. The first-order chi connectivity index (χ1) is 10.5. The molecule has 0 aliphatic carbocycles. The molecule has 0 amide bonds. The van der Waals surface area contributed by atoms with Crippen molar-refractivity contribution in [3.8, 4) is 11.4 Å². The second-order valence-corrected chi connectivity index (χ2v) is 5.17. The van der Waals surface area contributed by atoms with Crippen LogP contribution in [-0.4, -0.2) is 19.9 Å². The Balaban J connectivity index is 0.000000847. The van der Waals surface area contributed by atoms with Gasteiger partial charge in [-0.3, -0.25) is 4.79 Å². The van der Waals surface area contributed by atoms with Gasteiger partial charge >= 0.3 is 0 Å². The summed E-state index contributed by atoms with van der Waals surface area (Å²) >= 11 is 6.03. The largest absolute Gasteiger partial charge is 0.505 e. The number of aromatic hydroxyl groups is 1. The van der Waals surface area contributed by atoms with Gasteiger partial charge in [-0.05, 0) is 37.1 Å². The van der Waals surface area contributed by atoms with Crippen LogP contribution >= 0.6 is 11.6 Å². The minimum Gasteiger partial charge on any atom is -0.505 e. The summed E-state index contributed by atoms with van der Waals surface area (Å²) in [5.74, 6) is -0.105. The van der Waals surface area contributed by atoms with Gasteiger partial charge in [0.25, 0.3) is 5.56 Å². The smallest absolute Gasteiger partial charge is 0.278 e. The summed E-state index contributed by atoms with van der Waals surface area (Å²) in [5, 5.41) is 15.5. The average molecular weight is 320 g/mol. The highest BCUT2D eigenvalue weighted by Crippen LogP contribution is 2.30. The van der Waals surface area contributed by atoms with Crippen molar-refractivity contribution in [1.29, 1.82) is 0 Å². The Hall–Kier alpha value is -2.27. The molecular weight excluding hydrogens is 302 g/mol. The number of halogens is 1. The highest BCUT2D eigenvalue weighted by Gasteiger charge is 2.15. The highest BCUT2D eigenvalue weighted by molar-refractivity contribution is 6.32. The molecule has 5 nitrogen and oxygen atoms in total. The lowest BCUT2D eigenvalue weighted by atomic mass is 10.1. The topological polar surface area (TPSA) is 70.9 Å². The number of pyridine rings is 1. The minimum atomic E-state index is -0.419. The molecule has 3 rings (SSSR count). The molecule has 1 aromatic carbocycles. The Morgan fingerprint density at radius 3 is 2.55 bits per heavy atom. The van der Waals surface area contributed by atoms with Gasteiger partial charge in [-0.2, -0.15) is 5.10 Å². The second kappa shape index (κ2) is 6.23. The van der Waals surface area contributed by atoms with Gasteiger partial charge in [0.2, 0.25) is 0 Å². The zero-order valence-electron chi connectivity index (χ0n) is 12.9. The minimum absolute atomic E-state index is 0.104. The van der Waals surface area contributed by atoms with E-state index in [1.807, 2.05) is 27.7 Å². The molecule has 0 saturated carbocycles. The summed E-state index contributed by atoms with van der Waals surface area (Å²) in [4.78, 5) is 14.9. The molecule has 0 saturated heterocycles. The number of aryl methyl sites for hydroxylation is 2. The predicted octanol–water partition coefficient (Wildman–Crippen LogP) is 3.72. The van der Waals surface area contributed by atoms with Gasteiger partial charge in [-0.15, -0.1) is 0 Å². The van der Waals surface area contributed by atoms with E-state index in [9.17, 15) is 9.90 Å². The third-order valence-corrected chi connectivity index (χ3v) is 3.59. The van der Waals surface area contributed by atoms with Crippen LogP contribution in [0.3, 0.4) is 0 Å². The van der Waals surface area contributed by atoms with Crippen molar-refractivity contribution in [3.63, 3.8) is 0 Å². The van der Waals surface area contributed by atoms with E-state index in [1.165, 1.54) is 4.68 Å². The zero-order chi connectivity index (χ0) is 16.4. The number of H-pyrrole nitrogens is 1. The molecule has 116 valence electrons. The number of hydrogen-bond acceptors (Lipinski definition) is 3. The molecule has 0 spiro atoms. The first-order valence-corrected chi connectivity index (χ1v) is 7.42. The fourth-order valence-corrected chi connectivity index (χ4v) is 2.31. The molecule has 3 aromatic rings. The standard InChI is InChI=1S/C14H12ClN3O2.C2H6/c1-7-5-16-18(6-7)12-13(19)9-3-8(2)10(15)4-11(9)17-14(12)20;1-2/h3-6H,1-2H3,(H2,17,19,20);1-2H3. The molecular formula is C16H18ClN3O2. The summed E-state index contributed by atoms with van der Waals surface area (Å²) in [6.45, 7) is 7.70. The average Bonchev–Trinajstić information content (AvgIpc) is 2.90. The van der Waals surface area contributed by atoms with Gasteiger partial charge in [0.15, 0.2) is 11.4 Å². The van der Waals surface area contributed by atoms with Crippen molar-refractivity contribution < 1.29 is 5.11 Å². The number of nitrogens with zero attached hydrogens (tertiary/aromatic N) is 2. The van der Waals surface area contributed by atoms with E-state index in [4.69, 9.17) is 11.6 Å². The highest BCUT2D eigenvalue weighted by atomic mass is 35.5. The molecule has 2 N–H and O–H groups in total. The maximum Gasteiger partial charge on any atom is 0.278 e. The van der Waals surface area contributed by atoms with Crippen molar-refractivity contribution in [2.75, 3.05) is 0 Å². The number of rotatable bonds is 1. The zero-order valence-corrected chi connectivity index (χ0v) is 13.7. The third kappa shape index (κ3) is 2.72. The number of aromatic nitrogens is 3. The van der Waals surface area contributed by atoms with E-state index in [1.54, 1.807) is 24.5 Å². The first kappa shape index (κ1) is 16.1. The van der Waals surface area contributed by atoms with Gasteiger partial charge in [-0.1, -0.05) is 25.4 Å². The lowest BCUT2D eigenvalue weighted by molar-refractivity contribution is 0.475. The first-order valence-electron chi connectivity index (χ1n) is 7.04. The lowest BCUT2D eigenvalue weighted by Gasteiger charge is -2.09. The molecule has 0 fully saturated rings. The normalized spacial score (nSPS) is 10.4. The van der Waals surface area contributed by atoms with E-state index in [0.717, 1.165) is 11.1 Å². The van der Waals surface area contributed by atoms with Crippen LogP contribution in [-0.2, 0) is 0 Å². The van der Waals surface area contributed by atoms with Gasteiger partial charge < -0.3 is 10.1 Å². The second-order valence-electron chi connectivity index (χ2n) is 4.76. The number of benzene rings is 1. The van der Waals surface area contributed by atoms with Crippen LogP contribution in [0.5, 0.6) is 5.75 Å². The molecule has 2 heterocycles. The Morgan fingerprint density at radius 1 is 1.27 bits per heavy atom. The van der Waals surface area contributed by atoms with Crippen molar-refractivity contribution in [3.05, 3.63) is 51.0 Å². The molecule has 0 radical (unpaired) electrons. The van der Waals surface area contributed by atoms with E-state index >= 15 is 0 Å². The van der Waals surface area contributed by atoms with Crippen LogP contribution in [0.1, 0.15) is 25.0 Å². The van der Waals surface area contributed by atoms with Gasteiger partial charge in [0, 0.05) is 16.6 Å². The summed E-state index contributed by atoms with van der Waals surface area (Å²) in [7, 11) is 0. The van der Waals surface area contributed by atoms with E-state index in [0.29, 0.717) is 15.9 Å². The molecule has 0 atom stereocenters. The molecule has 0 aliphatic heterocycles. The number of fused-ring (bicyclic) bond motifs is 1. The Bertz CT molecular complexity index is 881. The summed E-state index contributed by atoms with van der Waals surface area (Å²) < 4.78 is 1.37. The summed E-state index contributed by atoms with van der Waals surface area (Å²) in [6, 6.07) is 3.37. The van der Waals surface area contributed by atoms with Crippen LogP contribution in [0.2, 0.25) is 5.02 Å². The monoisotopic (exact) mass is 319 g/mol. The van der Waals surface area contributed by atoms with Crippen molar-refractivity contribution >= 4 is 22.5 Å². The summed E-state index contributed by atoms with van der Waals surface area (Å²) in [5.41, 5.74) is 1.90. The predicted molar refractivity (Wildman–Crippen MR) is 89.2 cm³/mol. The van der Waals surface area contributed by atoms with Crippen LogP contribution < -0.4 is 5.56 Å². The van der Waals surface area contributed by atoms with Crippen LogP contribution in [0.25, 0.3) is 16.6 Å². The Morgan fingerprint density at radius 2 is 1.95 bits per heavy atom. The quantitative estimate of drug-likeness (QED) is 0.718. The van der Waals surface area contributed by atoms with Crippen LogP contribution in [0, 0.1) is 13.8 Å². The van der Waals surface area contributed by atoms with Crippen LogP contribution in [0.4, 0.5) is 0 Å². The van der Waals surface area contributed by atoms with Gasteiger partial charge in [-0.25, -0.2) is 4.68 Å². The molecule has 0 unspecified atom stereocenters. The van der Waals surface area contributed by atoms with Crippen molar-refractivity contribution in [2.24, 2.45) is 0 Å². The number of aromatic amines is 1. The molecule has 6 heteroatoms. The fraction of sp³-hybridized carbons (Fsp3) is 0.250. The molecule has 2 aromatic heterocycles. The number of hydrogen-bond donors (Lipinski definition) is 2. The van der Waals surface area contributed by atoms with Crippen molar-refractivity contribution in [2.45, 2.75) is 27.7 Å². The molecule has 22 heavy (non-hydrogen) atoms. The van der Waals surface area contributed by atoms with E-state index in [-0.39, 0.29) is 11.4 Å². The Kier molecular flexibility index (Phi) is 4.56. The van der Waals surface area contributed by atoms with Crippen LogP contribution in [0.15, 0.2) is 29.3 Å². The third-order valence-electron chi connectivity index (χ3n) is 3.18. The number of nitrogens with one attached hydrogen (secondary N) is 1. The van der Waals surface area contributed by atoms with E-state index in [2.05, 4.69) is 10.1 Å². The van der Waals surface area contributed by atoms with E-state index < -0.39 is 5.56 Å².